The molecule has 1 heterocycles. The van der Waals surface area contributed by atoms with E-state index in [9.17, 15) is 5.11 Å². The van der Waals surface area contributed by atoms with E-state index in [0.29, 0.717) is 26.4 Å². The van der Waals surface area contributed by atoms with E-state index in [1.165, 1.54) is 5.56 Å². The Morgan fingerprint density at radius 3 is 3.00 bits per heavy atom. The van der Waals surface area contributed by atoms with Gasteiger partial charge in [0.25, 0.3) is 0 Å². The monoisotopic (exact) mass is 265 g/mol. The van der Waals surface area contributed by atoms with Crippen LogP contribution in [0.5, 0.6) is 0 Å². The minimum atomic E-state index is -0.354. The van der Waals surface area contributed by atoms with Gasteiger partial charge < -0.3 is 14.6 Å². The summed E-state index contributed by atoms with van der Waals surface area (Å²) < 4.78 is 10.9. The number of hydrogen-bond donors (Lipinski definition) is 1. The van der Waals surface area contributed by atoms with E-state index in [1.54, 1.807) is 0 Å². The largest absolute Gasteiger partial charge is 0.389 e. The molecule has 2 rings (SSSR count). The molecule has 0 aliphatic carbocycles. The zero-order valence-corrected chi connectivity index (χ0v) is 11.3. The molecule has 4 nitrogen and oxygen atoms in total. The molecule has 1 fully saturated rings. The Kier molecular flexibility index (Phi) is 6.30. The van der Waals surface area contributed by atoms with Crippen molar-refractivity contribution in [3.05, 3.63) is 35.9 Å². The molecule has 19 heavy (non-hydrogen) atoms. The minimum Gasteiger partial charge on any atom is -0.389 e. The van der Waals surface area contributed by atoms with Crippen molar-refractivity contribution in [2.75, 3.05) is 39.5 Å². The van der Waals surface area contributed by atoms with Gasteiger partial charge in [0.05, 0.1) is 25.9 Å². The lowest BCUT2D eigenvalue weighted by atomic mass is 10.2. The van der Waals surface area contributed by atoms with Gasteiger partial charge >= 0.3 is 0 Å². The van der Waals surface area contributed by atoms with E-state index >= 15 is 0 Å². The molecule has 1 aliphatic rings. The van der Waals surface area contributed by atoms with Crippen molar-refractivity contribution in [3.8, 4) is 0 Å². The summed E-state index contributed by atoms with van der Waals surface area (Å²) in [7, 11) is 0. The molecule has 106 valence electrons. The van der Waals surface area contributed by atoms with Crippen molar-refractivity contribution in [2.45, 2.75) is 19.1 Å². The third kappa shape index (κ3) is 5.70. The normalized spacial score (nSPS) is 21.2. The molecule has 0 unspecified atom stereocenters. The van der Waals surface area contributed by atoms with Crippen LogP contribution in [0.2, 0.25) is 0 Å². The Morgan fingerprint density at radius 2 is 2.16 bits per heavy atom. The van der Waals surface area contributed by atoms with Gasteiger partial charge in [0.2, 0.25) is 0 Å². The van der Waals surface area contributed by atoms with Gasteiger partial charge in [0.1, 0.15) is 0 Å². The van der Waals surface area contributed by atoms with Crippen LogP contribution in [0.3, 0.4) is 0 Å². The zero-order valence-electron chi connectivity index (χ0n) is 11.3. The molecule has 1 aliphatic heterocycles. The number of benzene rings is 1. The molecule has 1 atom stereocenters. The molecule has 0 aromatic heterocycles. The summed E-state index contributed by atoms with van der Waals surface area (Å²) in [5, 5.41) is 9.61. The number of aliphatic hydroxyl groups is 1. The molecule has 1 aromatic carbocycles. The Morgan fingerprint density at radius 1 is 1.32 bits per heavy atom. The van der Waals surface area contributed by atoms with Crippen molar-refractivity contribution < 1.29 is 14.6 Å². The molecule has 0 spiro atoms. The quantitative estimate of drug-likeness (QED) is 0.787. The smallest absolute Gasteiger partial charge is 0.0900 e. The van der Waals surface area contributed by atoms with Crippen molar-refractivity contribution in [1.29, 1.82) is 0 Å². The van der Waals surface area contributed by atoms with E-state index < -0.39 is 0 Å². The number of ether oxygens (including phenoxy) is 2. The highest BCUT2D eigenvalue weighted by Gasteiger charge is 2.15. The number of β-amino-alcohol motifs (C(OH)–C–C–N with tert-alkyl or cyclic N) is 1. The van der Waals surface area contributed by atoms with Gasteiger partial charge in [0, 0.05) is 26.2 Å². The van der Waals surface area contributed by atoms with E-state index in [4.69, 9.17) is 9.47 Å². The molecule has 4 heteroatoms. The lowest BCUT2D eigenvalue weighted by molar-refractivity contribution is 0.0556. The summed E-state index contributed by atoms with van der Waals surface area (Å²) >= 11 is 0. The summed E-state index contributed by atoms with van der Waals surface area (Å²) in [5.74, 6) is 0. The summed E-state index contributed by atoms with van der Waals surface area (Å²) in [6.07, 6.45) is 0.632. The fourth-order valence-electron chi connectivity index (χ4n) is 2.21. The highest BCUT2D eigenvalue weighted by molar-refractivity contribution is 5.13. The van der Waals surface area contributed by atoms with Gasteiger partial charge in [-0.15, -0.1) is 0 Å². The van der Waals surface area contributed by atoms with Gasteiger partial charge in [-0.2, -0.15) is 0 Å². The van der Waals surface area contributed by atoms with Gasteiger partial charge in [-0.1, -0.05) is 30.3 Å². The molecule has 0 saturated carbocycles. The van der Waals surface area contributed by atoms with E-state index in [1.807, 2.05) is 18.2 Å². The van der Waals surface area contributed by atoms with Crippen LogP contribution in [0.15, 0.2) is 30.3 Å². The van der Waals surface area contributed by atoms with Gasteiger partial charge in [-0.25, -0.2) is 0 Å². The maximum atomic E-state index is 9.61. The van der Waals surface area contributed by atoms with Crippen LogP contribution in [-0.2, 0) is 16.1 Å². The predicted molar refractivity (Wildman–Crippen MR) is 74.0 cm³/mol. The second kappa shape index (κ2) is 8.27. The molecule has 1 aromatic rings. The zero-order chi connectivity index (χ0) is 13.3. The van der Waals surface area contributed by atoms with Crippen LogP contribution < -0.4 is 0 Å². The molecule has 0 bridgehead atoms. The van der Waals surface area contributed by atoms with Crippen molar-refractivity contribution >= 4 is 0 Å². The van der Waals surface area contributed by atoms with E-state index in [-0.39, 0.29) is 6.10 Å². The van der Waals surface area contributed by atoms with Crippen LogP contribution in [0.25, 0.3) is 0 Å². The highest BCUT2D eigenvalue weighted by atomic mass is 16.5. The number of rotatable bonds is 6. The topological polar surface area (TPSA) is 41.9 Å². The van der Waals surface area contributed by atoms with Crippen LogP contribution in [0.1, 0.15) is 12.0 Å². The fraction of sp³-hybridized carbons (Fsp3) is 0.600. The van der Waals surface area contributed by atoms with Crippen molar-refractivity contribution in [1.82, 2.24) is 4.90 Å². The maximum Gasteiger partial charge on any atom is 0.0900 e. The van der Waals surface area contributed by atoms with Crippen molar-refractivity contribution in [2.24, 2.45) is 0 Å². The first-order valence-corrected chi connectivity index (χ1v) is 6.94. The Balaban J connectivity index is 1.56. The summed E-state index contributed by atoms with van der Waals surface area (Å²) in [5.41, 5.74) is 1.21. The maximum absolute atomic E-state index is 9.61. The molecule has 1 N–H and O–H groups in total. The Bertz CT molecular complexity index is 345. The third-order valence-corrected chi connectivity index (χ3v) is 3.21. The molecule has 0 amide bonds. The van der Waals surface area contributed by atoms with Gasteiger partial charge in [-0.05, 0) is 12.0 Å². The summed E-state index contributed by atoms with van der Waals surface area (Å²) in [6, 6.07) is 10.2. The lowest BCUT2D eigenvalue weighted by Gasteiger charge is -2.20. The van der Waals surface area contributed by atoms with Crippen LogP contribution in [0.4, 0.5) is 0 Å². The van der Waals surface area contributed by atoms with Crippen LogP contribution in [-0.4, -0.2) is 55.6 Å². The Hall–Kier alpha value is -0.940. The first-order valence-electron chi connectivity index (χ1n) is 6.94. The summed E-state index contributed by atoms with van der Waals surface area (Å²) in [4.78, 5) is 2.24. The fourth-order valence-corrected chi connectivity index (χ4v) is 2.21. The summed E-state index contributed by atoms with van der Waals surface area (Å²) in [6.45, 7) is 5.15. The number of hydrogen-bond acceptors (Lipinski definition) is 4. The molecular weight excluding hydrogens is 242 g/mol. The minimum absolute atomic E-state index is 0.354. The predicted octanol–water partition coefficient (Wildman–Crippen LogP) is 1.29. The second-order valence-corrected chi connectivity index (χ2v) is 4.92. The van der Waals surface area contributed by atoms with Crippen LogP contribution >= 0.6 is 0 Å². The second-order valence-electron chi connectivity index (χ2n) is 4.92. The lowest BCUT2D eigenvalue weighted by Crippen LogP contribution is -2.33. The van der Waals surface area contributed by atoms with Crippen LogP contribution in [0, 0.1) is 0 Å². The first kappa shape index (κ1) is 14.5. The third-order valence-electron chi connectivity index (χ3n) is 3.21. The van der Waals surface area contributed by atoms with Gasteiger partial charge in [0.15, 0.2) is 0 Å². The van der Waals surface area contributed by atoms with E-state index in [2.05, 4.69) is 17.0 Å². The average Bonchev–Trinajstić information content (AvgIpc) is 2.64. The Labute approximate surface area is 114 Å². The van der Waals surface area contributed by atoms with Crippen molar-refractivity contribution in [3.63, 3.8) is 0 Å². The van der Waals surface area contributed by atoms with Gasteiger partial charge in [-0.3, -0.25) is 4.90 Å². The average molecular weight is 265 g/mol. The molecular formula is C15H23NO3. The SMILES string of the molecule is O[C@@H]1COCCN(CCCOCc2ccccc2)C1. The molecule has 1 saturated heterocycles. The first-order chi connectivity index (χ1) is 9.34. The number of aliphatic hydroxyl groups excluding tert-OH is 1. The highest BCUT2D eigenvalue weighted by Crippen LogP contribution is 2.03. The standard InChI is InChI=1S/C15H23NO3/c17-15-11-16(8-10-19-13-15)7-4-9-18-12-14-5-2-1-3-6-14/h1-3,5-6,15,17H,4,7-13H2/t15-/m0/s1. The number of nitrogens with zero attached hydrogens (tertiary/aromatic N) is 1. The molecule has 0 radical (unpaired) electrons. The van der Waals surface area contributed by atoms with E-state index in [0.717, 1.165) is 26.1 Å².